The maximum absolute atomic E-state index is 12.9. The van der Waals surface area contributed by atoms with Crippen LogP contribution in [0.1, 0.15) is 11.1 Å². The predicted octanol–water partition coefficient (Wildman–Crippen LogP) is 3.01. The lowest BCUT2D eigenvalue weighted by Crippen LogP contribution is -2.48. The summed E-state index contributed by atoms with van der Waals surface area (Å²) in [6, 6.07) is 17.1. The van der Waals surface area contributed by atoms with Crippen LogP contribution in [-0.4, -0.2) is 41.1 Å². The first kappa shape index (κ1) is 23.8. The Kier molecular flexibility index (Phi) is 8.26. The Morgan fingerprint density at radius 3 is 2.38 bits per heavy atom. The van der Waals surface area contributed by atoms with Crippen molar-refractivity contribution in [3.8, 4) is 11.5 Å². The van der Waals surface area contributed by atoms with Crippen LogP contribution in [0.15, 0.2) is 70.3 Å². The Hall–Kier alpha value is -2.88. The second-order valence-corrected chi connectivity index (χ2v) is 9.91. The number of nitrogens with one attached hydrogen (secondary N) is 2. The fourth-order valence-electron chi connectivity index (χ4n) is 3.19. The van der Waals surface area contributed by atoms with Crippen molar-refractivity contribution in [3.05, 3.63) is 77.2 Å². The molecule has 9 heteroatoms. The van der Waals surface area contributed by atoms with Crippen molar-refractivity contribution >= 4 is 27.3 Å². The summed E-state index contributed by atoms with van der Waals surface area (Å²) in [5, 5.41) is 4.54. The SMILES string of the molecule is COc1ccc(CCNC(=O)[C@@H](Cc2ccccc2)NS(=O)(=O)c2cccs2)cc1OC. The third-order valence-electron chi connectivity index (χ3n) is 4.82. The fraction of sp³-hybridized carbons (Fsp3) is 0.261. The zero-order valence-electron chi connectivity index (χ0n) is 17.9. The zero-order chi connectivity index (χ0) is 23.0. The minimum absolute atomic E-state index is 0.175. The van der Waals surface area contributed by atoms with Gasteiger partial charge in [0.05, 0.1) is 14.2 Å². The van der Waals surface area contributed by atoms with Crippen LogP contribution in [0.25, 0.3) is 0 Å². The molecule has 1 heterocycles. The van der Waals surface area contributed by atoms with Gasteiger partial charge >= 0.3 is 0 Å². The van der Waals surface area contributed by atoms with E-state index >= 15 is 0 Å². The number of carbonyl (C=O) groups is 1. The van der Waals surface area contributed by atoms with Crippen molar-refractivity contribution in [3.63, 3.8) is 0 Å². The van der Waals surface area contributed by atoms with Crippen LogP contribution in [0.2, 0.25) is 0 Å². The van der Waals surface area contributed by atoms with E-state index in [9.17, 15) is 13.2 Å². The number of hydrogen-bond donors (Lipinski definition) is 2. The number of benzene rings is 2. The van der Waals surface area contributed by atoms with Crippen LogP contribution in [0.5, 0.6) is 11.5 Å². The van der Waals surface area contributed by atoms with E-state index in [4.69, 9.17) is 9.47 Å². The van der Waals surface area contributed by atoms with Crippen LogP contribution >= 0.6 is 11.3 Å². The van der Waals surface area contributed by atoms with Gasteiger partial charge in [0.25, 0.3) is 10.0 Å². The first-order valence-corrected chi connectivity index (χ1v) is 12.4. The maximum atomic E-state index is 12.9. The van der Waals surface area contributed by atoms with E-state index in [1.165, 1.54) is 6.07 Å². The fourth-order valence-corrected chi connectivity index (χ4v) is 5.39. The van der Waals surface area contributed by atoms with Gasteiger partial charge in [0.2, 0.25) is 5.91 Å². The molecule has 7 nitrogen and oxygen atoms in total. The minimum atomic E-state index is -3.80. The lowest BCUT2D eigenvalue weighted by Gasteiger charge is -2.18. The number of rotatable bonds is 11. The first-order chi connectivity index (χ1) is 15.4. The molecule has 32 heavy (non-hydrogen) atoms. The topological polar surface area (TPSA) is 93.7 Å². The molecule has 170 valence electrons. The molecule has 0 saturated carbocycles. The third-order valence-corrected chi connectivity index (χ3v) is 7.69. The largest absolute Gasteiger partial charge is 0.493 e. The quantitative estimate of drug-likeness (QED) is 0.446. The van der Waals surface area contributed by atoms with E-state index in [0.717, 1.165) is 22.5 Å². The van der Waals surface area contributed by atoms with Gasteiger partial charge in [-0.1, -0.05) is 42.5 Å². The summed E-state index contributed by atoms with van der Waals surface area (Å²) in [5.74, 6) is 0.864. The Labute approximate surface area is 192 Å². The molecule has 0 radical (unpaired) electrons. The van der Waals surface area contributed by atoms with Crippen LogP contribution in [0.3, 0.4) is 0 Å². The molecule has 0 aliphatic heterocycles. The highest BCUT2D eigenvalue weighted by Crippen LogP contribution is 2.27. The Bertz CT molecular complexity index is 1120. The van der Waals surface area contributed by atoms with E-state index in [2.05, 4.69) is 10.0 Å². The monoisotopic (exact) mass is 474 g/mol. The number of amides is 1. The number of carbonyl (C=O) groups excluding carboxylic acids is 1. The molecule has 0 saturated heterocycles. The Morgan fingerprint density at radius 1 is 0.969 bits per heavy atom. The van der Waals surface area contributed by atoms with Gasteiger partial charge in [-0.3, -0.25) is 4.79 Å². The molecule has 1 amide bonds. The van der Waals surface area contributed by atoms with Crippen molar-refractivity contribution in [1.82, 2.24) is 10.0 Å². The standard InChI is InChI=1S/C23H26N2O5S2/c1-29-20-11-10-18(16-21(20)30-2)12-13-24-23(26)19(15-17-7-4-3-5-8-17)25-32(27,28)22-9-6-14-31-22/h3-11,14,16,19,25H,12-13,15H2,1-2H3,(H,24,26)/t19-/m1/s1. The molecule has 1 aromatic heterocycles. The van der Waals surface area contributed by atoms with Crippen LogP contribution in [-0.2, 0) is 27.7 Å². The van der Waals surface area contributed by atoms with Crippen LogP contribution in [0.4, 0.5) is 0 Å². The molecule has 2 N–H and O–H groups in total. The van der Waals surface area contributed by atoms with Gasteiger partial charge in [-0.25, -0.2) is 8.42 Å². The highest BCUT2D eigenvalue weighted by molar-refractivity contribution is 7.91. The molecule has 1 atom stereocenters. The molecule has 0 bridgehead atoms. The van der Waals surface area contributed by atoms with Gasteiger partial charge in [0.1, 0.15) is 10.3 Å². The molecule has 0 aliphatic rings. The summed E-state index contributed by atoms with van der Waals surface area (Å²) in [5.41, 5.74) is 1.82. The van der Waals surface area contributed by atoms with Gasteiger partial charge in [-0.15, -0.1) is 11.3 Å². The molecule has 0 spiro atoms. The molecule has 0 unspecified atom stereocenters. The smallest absolute Gasteiger partial charge is 0.250 e. The summed E-state index contributed by atoms with van der Waals surface area (Å²) >= 11 is 1.11. The summed E-state index contributed by atoms with van der Waals surface area (Å²) < 4.78 is 38.7. The molecule has 3 aromatic rings. The molecular formula is C23H26N2O5S2. The number of sulfonamides is 1. The number of thiophene rings is 1. The summed E-state index contributed by atoms with van der Waals surface area (Å²) in [6.45, 7) is 0.348. The predicted molar refractivity (Wildman–Crippen MR) is 125 cm³/mol. The normalized spacial score (nSPS) is 12.2. The number of methoxy groups -OCH3 is 2. The Morgan fingerprint density at radius 2 is 1.72 bits per heavy atom. The maximum Gasteiger partial charge on any atom is 0.250 e. The van der Waals surface area contributed by atoms with Crippen molar-refractivity contribution in [2.45, 2.75) is 23.1 Å². The van der Waals surface area contributed by atoms with Gasteiger partial charge in [0.15, 0.2) is 11.5 Å². The number of hydrogen-bond acceptors (Lipinski definition) is 6. The highest BCUT2D eigenvalue weighted by Gasteiger charge is 2.26. The lowest BCUT2D eigenvalue weighted by atomic mass is 10.1. The van der Waals surface area contributed by atoms with Crippen molar-refractivity contribution in [2.75, 3.05) is 20.8 Å². The first-order valence-electron chi connectivity index (χ1n) is 10.0. The van der Waals surface area contributed by atoms with Gasteiger partial charge < -0.3 is 14.8 Å². The van der Waals surface area contributed by atoms with Gasteiger partial charge in [0, 0.05) is 6.54 Å². The molecule has 0 aliphatic carbocycles. The average molecular weight is 475 g/mol. The third kappa shape index (κ3) is 6.32. The van der Waals surface area contributed by atoms with Crippen molar-refractivity contribution in [1.29, 1.82) is 0 Å². The zero-order valence-corrected chi connectivity index (χ0v) is 19.5. The highest BCUT2D eigenvalue weighted by atomic mass is 32.2. The molecule has 3 rings (SSSR count). The van der Waals surface area contributed by atoms with E-state index in [0.29, 0.717) is 24.5 Å². The molecular weight excluding hydrogens is 448 g/mol. The van der Waals surface area contributed by atoms with E-state index in [1.54, 1.807) is 25.7 Å². The van der Waals surface area contributed by atoms with E-state index in [1.807, 2.05) is 48.5 Å². The minimum Gasteiger partial charge on any atom is -0.493 e. The Balaban J connectivity index is 1.68. The summed E-state index contributed by atoms with van der Waals surface area (Å²) in [6.07, 6.45) is 0.801. The van der Waals surface area contributed by atoms with E-state index < -0.39 is 16.1 Å². The van der Waals surface area contributed by atoms with Crippen molar-refractivity contribution < 1.29 is 22.7 Å². The van der Waals surface area contributed by atoms with Crippen LogP contribution in [0, 0.1) is 0 Å². The van der Waals surface area contributed by atoms with Crippen LogP contribution < -0.4 is 19.5 Å². The lowest BCUT2D eigenvalue weighted by molar-refractivity contribution is -0.122. The second-order valence-electron chi connectivity index (χ2n) is 7.03. The van der Waals surface area contributed by atoms with E-state index in [-0.39, 0.29) is 16.5 Å². The number of ether oxygens (including phenoxy) is 2. The second kappa shape index (κ2) is 11.1. The van der Waals surface area contributed by atoms with Crippen molar-refractivity contribution in [2.24, 2.45) is 0 Å². The average Bonchev–Trinajstić information content (AvgIpc) is 3.35. The van der Waals surface area contributed by atoms with Gasteiger partial charge in [-0.2, -0.15) is 4.72 Å². The molecule has 2 aromatic carbocycles. The van der Waals surface area contributed by atoms with Gasteiger partial charge in [-0.05, 0) is 47.5 Å². The molecule has 0 fully saturated rings. The summed E-state index contributed by atoms with van der Waals surface area (Å²) in [4.78, 5) is 12.9. The summed E-state index contributed by atoms with van der Waals surface area (Å²) in [7, 11) is -0.660.